The van der Waals surface area contributed by atoms with Gasteiger partial charge in [0.05, 0.1) is 16.6 Å². The fraction of sp³-hybridized carbons (Fsp3) is 0.367. The van der Waals surface area contributed by atoms with Crippen molar-refractivity contribution >= 4 is 27.3 Å². The minimum absolute atomic E-state index is 0.151. The summed E-state index contributed by atoms with van der Waals surface area (Å²) in [5.74, 6) is 0.334. The third kappa shape index (κ3) is 6.52. The van der Waals surface area contributed by atoms with Crippen LogP contribution in [-0.4, -0.2) is 34.0 Å². The second kappa shape index (κ2) is 11.8. The highest BCUT2D eigenvalue weighted by Gasteiger charge is 2.27. The van der Waals surface area contributed by atoms with E-state index in [1.54, 1.807) is 42.5 Å². The van der Waals surface area contributed by atoms with E-state index in [2.05, 4.69) is 29.3 Å². The molecule has 6 nitrogen and oxygen atoms in total. The number of nitrogens with one attached hydrogen (secondary N) is 1. The molecule has 0 saturated carbocycles. The van der Waals surface area contributed by atoms with Crippen LogP contribution in [0.2, 0.25) is 0 Å². The van der Waals surface area contributed by atoms with Crippen molar-refractivity contribution in [2.24, 2.45) is 5.92 Å². The summed E-state index contributed by atoms with van der Waals surface area (Å²) in [5.41, 5.74) is 3.74. The molecule has 1 aliphatic rings. The number of sulfonamides is 1. The molecule has 0 spiro atoms. The van der Waals surface area contributed by atoms with Crippen molar-refractivity contribution in [1.29, 1.82) is 0 Å². The van der Waals surface area contributed by atoms with E-state index in [9.17, 15) is 13.2 Å². The average molecular weight is 520 g/mol. The molecule has 3 aromatic rings. The van der Waals surface area contributed by atoms with Gasteiger partial charge in [0.25, 0.3) is 10.0 Å². The largest absolute Gasteiger partial charge is 0.371 e. The summed E-state index contributed by atoms with van der Waals surface area (Å²) in [6.07, 6.45) is 3.33. The zero-order valence-electron chi connectivity index (χ0n) is 21.9. The van der Waals surface area contributed by atoms with Gasteiger partial charge in [-0.3, -0.25) is 9.10 Å². The lowest BCUT2D eigenvalue weighted by atomic mass is 9.99. The topological polar surface area (TPSA) is 69.7 Å². The van der Waals surface area contributed by atoms with Crippen molar-refractivity contribution in [2.45, 2.75) is 51.0 Å². The number of aryl methyl sites for hydroxylation is 1. The van der Waals surface area contributed by atoms with Gasteiger partial charge in [0.2, 0.25) is 5.91 Å². The van der Waals surface area contributed by atoms with Crippen LogP contribution in [0.3, 0.4) is 0 Å². The molecule has 0 aromatic heterocycles. The van der Waals surface area contributed by atoms with Crippen LogP contribution in [0.1, 0.15) is 50.8 Å². The van der Waals surface area contributed by atoms with Crippen LogP contribution in [0, 0.1) is 5.92 Å². The molecule has 1 heterocycles. The molecule has 196 valence electrons. The van der Waals surface area contributed by atoms with Crippen LogP contribution in [0.15, 0.2) is 83.8 Å². The van der Waals surface area contributed by atoms with Crippen molar-refractivity contribution < 1.29 is 13.2 Å². The quantitative estimate of drug-likeness (QED) is 0.402. The van der Waals surface area contributed by atoms with Crippen LogP contribution in [-0.2, 0) is 21.2 Å². The van der Waals surface area contributed by atoms with Gasteiger partial charge in [0.15, 0.2) is 0 Å². The number of nitrogens with zero attached hydrogens (tertiary/aromatic N) is 2. The summed E-state index contributed by atoms with van der Waals surface area (Å²) >= 11 is 0. The Bertz CT molecular complexity index is 1280. The van der Waals surface area contributed by atoms with Crippen molar-refractivity contribution in [3.63, 3.8) is 0 Å². The van der Waals surface area contributed by atoms with Crippen LogP contribution in [0.25, 0.3) is 0 Å². The second-order valence-corrected chi connectivity index (χ2v) is 11.8. The number of rotatable bonds is 9. The zero-order chi connectivity index (χ0) is 26.4. The Morgan fingerprint density at radius 2 is 1.70 bits per heavy atom. The normalized spacial score (nSPS) is 16.7. The maximum absolute atomic E-state index is 13.5. The lowest BCUT2D eigenvalue weighted by Gasteiger charge is -2.33. The maximum atomic E-state index is 13.5. The van der Waals surface area contributed by atoms with E-state index in [4.69, 9.17) is 0 Å². The molecule has 1 amide bonds. The Morgan fingerprint density at radius 1 is 1.03 bits per heavy atom. The SMILES string of the molecule is CCc1ccc(N(CC(=O)NC(C)c2ccc(N3CCCC(C)C3)cc2)S(=O)(=O)c2ccccc2)cc1. The summed E-state index contributed by atoms with van der Waals surface area (Å²) in [7, 11) is -3.92. The fourth-order valence-corrected chi connectivity index (χ4v) is 6.27. The molecular weight excluding hydrogens is 482 g/mol. The van der Waals surface area contributed by atoms with Gasteiger partial charge >= 0.3 is 0 Å². The lowest BCUT2D eigenvalue weighted by Crippen LogP contribution is -2.41. The number of hydrogen-bond acceptors (Lipinski definition) is 4. The lowest BCUT2D eigenvalue weighted by molar-refractivity contribution is -0.120. The first kappa shape index (κ1) is 26.7. The number of benzene rings is 3. The van der Waals surface area contributed by atoms with Gasteiger partial charge in [-0.1, -0.05) is 56.3 Å². The molecule has 1 fully saturated rings. The summed E-state index contributed by atoms with van der Waals surface area (Å²) in [6.45, 7) is 8.08. The van der Waals surface area contributed by atoms with E-state index in [0.29, 0.717) is 11.6 Å². The van der Waals surface area contributed by atoms with Gasteiger partial charge in [0.1, 0.15) is 6.54 Å². The molecule has 2 atom stereocenters. The summed E-state index contributed by atoms with van der Waals surface area (Å²) in [4.78, 5) is 15.7. The van der Waals surface area contributed by atoms with E-state index < -0.39 is 10.0 Å². The van der Waals surface area contributed by atoms with Gasteiger partial charge < -0.3 is 10.2 Å². The summed E-state index contributed by atoms with van der Waals surface area (Å²) in [6, 6.07) is 23.6. The number of amides is 1. The molecule has 0 aliphatic carbocycles. The number of piperidine rings is 1. The van der Waals surface area contributed by atoms with Gasteiger partial charge in [-0.05, 0) is 79.6 Å². The molecule has 4 rings (SSSR count). The van der Waals surface area contributed by atoms with Crippen LogP contribution >= 0.6 is 0 Å². The Kier molecular flexibility index (Phi) is 8.54. The second-order valence-electron chi connectivity index (χ2n) is 9.92. The highest BCUT2D eigenvalue weighted by Crippen LogP contribution is 2.26. The first-order valence-corrected chi connectivity index (χ1v) is 14.5. The molecule has 1 saturated heterocycles. The molecular formula is C30H37N3O3S. The minimum Gasteiger partial charge on any atom is -0.371 e. The molecule has 0 radical (unpaired) electrons. The number of carbonyl (C=O) groups excluding carboxylic acids is 1. The Balaban J connectivity index is 1.49. The van der Waals surface area contributed by atoms with Crippen LogP contribution in [0.5, 0.6) is 0 Å². The highest BCUT2D eigenvalue weighted by molar-refractivity contribution is 7.92. The predicted octanol–water partition coefficient (Wildman–Crippen LogP) is 5.56. The van der Waals surface area contributed by atoms with Gasteiger partial charge in [-0.2, -0.15) is 0 Å². The third-order valence-electron chi connectivity index (χ3n) is 7.04. The molecule has 1 N–H and O–H groups in total. The van der Waals surface area contributed by atoms with Gasteiger partial charge in [-0.25, -0.2) is 8.42 Å². The molecule has 1 aliphatic heterocycles. The summed E-state index contributed by atoms with van der Waals surface area (Å²) < 4.78 is 28.2. The van der Waals surface area contributed by atoms with Crippen LogP contribution < -0.4 is 14.5 Å². The van der Waals surface area contributed by atoms with Crippen molar-refractivity contribution in [3.8, 4) is 0 Å². The fourth-order valence-electron chi connectivity index (χ4n) is 4.83. The van der Waals surface area contributed by atoms with E-state index in [-0.39, 0.29) is 23.4 Å². The highest BCUT2D eigenvalue weighted by atomic mass is 32.2. The Labute approximate surface area is 221 Å². The first-order chi connectivity index (χ1) is 17.8. The predicted molar refractivity (Wildman–Crippen MR) is 150 cm³/mol. The zero-order valence-corrected chi connectivity index (χ0v) is 22.7. The molecule has 2 unspecified atom stereocenters. The number of carbonyl (C=O) groups is 1. The smallest absolute Gasteiger partial charge is 0.264 e. The molecule has 37 heavy (non-hydrogen) atoms. The van der Waals surface area contributed by atoms with E-state index in [1.165, 1.54) is 22.8 Å². The van der Waals surface area contributed by atoms with Crippen molar-refractivity contribution in [2.75, 3.05) is 28.8 Å². The number of anilines is 2. The Hall–Kier alpha value is -3.32. The van der Waals surface area contributed by atoms with E-state index in [0.717, 1.165) is 30.6 Å². The first-order valence-electron chi connectivity index (χ1n) is 13.1. The summed E-state index contributed by atoms with van der Waals surface area (Å²) in [5, 5.41) is 2.99. The molecule has 7 heteroatoms. The van der Waals surface area contributed by atoms with Gasteiger partial charge in [-0.15, -0.1) is 0 Å². The van der Waals surface area contributed by atoms with E-state index in [1.807, 2.05) is 38.1 Å². The third-order valence-corrected chi connectivity index (χ3v) is 8.83. The Morgan fingerprint density at radius 3 is 2.32 bits per heavy atom. The maximum Gasteiger partial charge on any atom is 0.264 e. The molecule has 0 bridgehead atoms. The average Bonchev–Trinajstić information content (AvgIpc) is 2.92. The standard InChI is InChI=1S/C30H37N3O3S/c1-4-25-12-16-28(17-13-25)33(37(35,36)29-10-6-5-7-11-29)22-30(34)31-24(3)26-14-18-27(19-15-26)32-20-8-9-23(2)21-32/h5-7,10-19,23-24H,4,8-9,20-22H2,1-3H3,(H,31,34). The van der Waals surface area contributed by atoms with E-state index >= 15 is 0 Å². The molecule has 3 aromatic carbocycles. The van der Waals surface area contributed by atoms with Crippen molar-refractivity contribution in [3.05, 3.63) is 90.0 Å². The number of hydrogen-bond donors (Lipinski definition) is 1. The van der Waals surface area contributed by atoms with Crippen molar-refractivity contribution in [1.82, 2.24) is 5.32 Å². The van der Waals surface area contributed by atoms with Crippen LogP contribution in [0.4, 0.5) is 11.4 Å². The van der Waals surface area contributed by atoms with Gasteiger partial charge in [0, 0.05) is 18.8 Å². The minimum atomic E-state index is -3.92. The monoisotopic (exact) mass is 519 g/mol.